The molecular formula is C12H19FN4. The number of nitrogens with zero attached hydrogens (tertiary/aromatic N) is 1. The average Bonchev–Trinajstić information content (AvgIpc) is 2.68. The first-order chi connectivity index (χ1) is 8.25. The Morgan fingerprint density at radius 2 is 1.88 bits per heavy atom. The van der Waals surface area contributed by atoms with Crippen LogP contribution in [0.4, 0.5) is 10.1 Å². The molecule has 0 fully saturated rings. The Kier molecular flexibility index (Phi) is 3.33. The fourth-order valence-corrected chi connectivity index (χ4v) is 2.75. The zero-order valence-electron chi connectivity index (χ0n) is 10.4. The van der Waals surface area contributed by atoms with Gasteiger partial charge in [-0.1, -0.05) is 18.2 Å². The Bertz CT molecular complexity index is 392. The van der Waals surface area contributed by atoms with E-state index in [1.807, 2.05) is 45.4 Å². The highest BCUT2D eigenvalue weighted by atomic mass is 19.1. The summed E-state index contributed by atoms with van der Waals surface area (Å²) in [7, 11) is 5.58. The molecule has 0 saturated heterocycles. The van der Waals surface area contributed by atoms with Gasteiger partial charge >= 0.3 is 0 Å². The standard InChI is InChI=1S/C12H19FN4/c1-14-11-12(15-2,16-3)9-6-4-5-7-10(9)17(11)8-13/h4-7,11,14-16H,8H2,1-3H3. The quantitative estimate of drug-likeness (QED) is 0.530. The van der Waals surface area contributed by atoms with Gasteiger partial charge in [0.2, 0.25) is 0 Å². The summed E-state index contributed by atoms with van der Waals surface area (Å²) in [4.78, 5) is 1.71. The van der Waals surface area contributed by atoms with Crippen LogP contribution < -0.4 is 20.9 Å². The molecule has 0 radical (unpaired) electrons. The molecule has 1 aliphatic heterocycles. The van der Waals surface area contributed by atoms with Crippen molar-refractivity contribution >= 4 is 5.69 Å². The van der Waals surface area contributed by atoms with Crippen LogP contribution in [0.1, 0.15) is 5.56 Å². The molecular weight excluding hydrogens is 219 g/mol. The Labute approximate surface area is 101 Å². The van der Waals surface area contributed by atoms with Crippen LogP contribution in [-0.4, -0.2) is 34.1 Å². The molecule has 0 saturated carbocycles. The van der Waals surface area contributed by atoms with E-state index in [0.717, 1.165) is 11.3 Å². The maximum atomic E-state index is 13.3. The highest BCUT2D eigenvalue weighted by Gasteiger charge is 2.48. The molecule has 0 aromatic heterocycles. The fraction of sp³-hybridized carbons (Fsp3) is 0.500. The fourth-order valence-electron chi connectivity index (χ4n) is 2.75. The molecule has 1 heterocycles. The summed E-state index contributed by atoms with van der Waals surface area (Å²) >= 11 is 0. The van der Waals surface area contributed by atoms with Crippen LogP contribution in [0.5, 0.6) is 0 Å². The van der Waals surface area contributed by atoms with E-state index < -0.39 is 12.5 Å². The summed E-state index contributed by atoms with van der Waals surface area (Å²) in [6, 6.07) is 7.85. The molecule has 1 unspecified atom stereocenters. The van der Waals surface area contributed by atoms with Gasteiger partial charge in [-0.05, 0) is 27.2 Å². The molecule has 0 spiro atoms. The van der Waals surface area contributed by atoms with Gasteiger partial charge in [-0.15, -0.1) is 0 Å². The van der Waals surface area contributed by atoms with Crippen molar-refractivity contribution in [1.29, 1.82) is 0 Å². The molecule has 0 amide bonds. The first-order valence-electron chi connectivity index (χ1n) is 5.72. The van der Waals surface area contributed by atoms with Crippen molar-refractivity contribution in [3.63, 3.8) is 0 Å². The number of benzene rings is 1. The third-order valence-electron chi connectivity index (χ3n) is 3.55. The van der Waals surface area contributed by atoms with Gasteiger partial charge in [0.15, 0.2) is 6.80 Å². The maximum absolute atomic E-state index is 13.3. The van der Waals surface area contributed by atoms with E-state index >= 15 is 0 Å². The van der Waals surface area contributed by atoms with E-state index in [-0.39, 0.29) is 6.17 Å². The van der Waals surface area contributed by atoms with Crippen LogP contribution in [0, 0.1) is 0 Å². The number of rotatable bonds is 4. The largest absolute Gasteiger partial charge is 0.325 e. The summed E-state index contributed by atoms with van der Waals surface area (Å²) in [5.74, 6) is 0. The van der Waals surface area contributed by atoms with Crippen LogP contribution in [0.3, 0.4) is 0 Å². The minimum Gasteiger partial charge on any atom is -0.325 e. The van der Waals surface area contributed by atoms with Crippen molar-refractivity contribution in [2.24, 2.45) is 0 Å². The van der Waals surface area contributed by atoms with Crippen molar-refractivity contribution in [3.05, 3.63) is 29.8 Å². The Hall–Kier alpha value is -1.17. The van der Waals surface area contributed by atoms with Gasteiger partial charge in [0.1, 0.15) is 11.8 Å². The van der Waals surface area contributed by atoms with Crippen molar-refractivity contribution in [3.8, 4) is 0 Å². The second-order valence-corrected chi connectivity index (χ2v) is 4.11. The molecule has 17 heavy (non-hydrogen) atoms. The highest BCUT2D eigenvalue weighted by molar-refractivity contribution is 5.63. The summed E-state index contributed by atoms with van der Waals surface area (Å²) in [5.41, 5.74) is 1.50. The summed E-state index contributed by atoms with van der Waals surface area (Å²) in [5, 5.41) is 9.70. The number of hydrogen-bond donors (Lipinski definition) is 3. The number of hydrogen-bond acceptors (Lipinski definition) is 4. The van der Waals surface area contributed by atoms with Gasteiger partial charge in [-0.2, -0.15) is 0 Å². The van der Waals surface area contributed by atoms with E-state index in [1.54, 1.807) is 4.90 Å². The Morgan fingerprint density at radius 1 is 1.24 bits per heavy atom. The Balaban J connectivity index is 2.59. The molecule has 0 aliphatic carbocycles. The highest BCUT2D eigenvalue weighted by Crippen LogP contribution is 2.40. The van der Waals surface area contributed by atoms with Crippen molar-refractivity contribution in [2.45, 2.75) is 11.8 Å². The molecule has 2 rings (SSSR count). The van der Waals surface area contributed by atoms with Crippen molar-refractivity contribution in [1.82, 2.24) is 16.0 Å². The lowest BCUT2D eigenvalue weighted by molar-refractivity contribution is 0.219. The van der Waals surface area contributed by atoms with E-state index in [4.69, 9.17) is 0 Å². The lowest BCUT2D eigenvalue weighted by Crippen LogP contribution is -2.64. The second kappa shape index (κ2) is 4.60. The van der Waals surface area contributed by atoms with E-state index in [1.165, 1.54) is 0 Å². The molecule has 1 aromatic rings. The number of fused-ring (bicyclic) bond motifs is 1. The number of alkyl halides is 1. The number of para-hydroxylation sites is 1. The number of likely N-dealkylation sites (N-methyl/N-ethyl adjacent to an activating group) is 3. The third-order valence-corrected chi connectivity index (χ3v) is 3.55. The monoisotopic (exact) mass is 238 g/mol. The molecule has 5 heteroatoms. The summed E-state index contributed by atoms with van der Waals surface area (Å²) < 4.78 is 13.3. The molecule has 0 bridgehead atoms. The molecule has 1 atom stereocenters. The van der Waals surface area contributed by atoms with Crippen molar-refractivity contribution in [2.75, 3.05) is 32.8 Å². The Morgan fingerprint density at radius 3 is 2.41 bits per heavy atom. The zero-order valence-corrected chi connectivity index (χ0v) is 10.4. The third kappa shape index (κ3) is 1.54. The number of halogens is 1. The number of nitrogens with one attached hydrogen (secondary N) is 3. The second-order valence-electron chi connectivity index (χ2n) is 4.11. The molecule has 3 N–H and O–H groups in total. The normalized spacial score (nSPS) is 21.6. The lowest BCUT2D eigenvalue weighted by Gasteiger charge is -2.37. The van der Waals surface area contributed by atoms with Gasteiger partial charge < -0.3 is 4.90 Å². The molecule has 1 aromatic carbocycles. The minimum absolute atomic E-state index is 0.167. The molecule has 1 aliphatic rings. The van der Waals surface area contributed by atoms with Gasteiger partial charge in [0, 0.05) is 11.3 Å². The van der Waals surface area contributed by atoms with Crippen molar-refractivity contribution < 1.29 is 4.39 Å². The van der Waals surface area contributed by atoms with Crippen LogP contribution in [0.15, 0.2) is 24.3 Å². The van der Waals surface area contributed by atoms with Gasteiger partial charge in [-0.3, -0.25) is 16.0 Å². The predicted molar refractivity (Wildman–Crippen MR) is 67.5 cm³/mol. The van der Waals surface area contributed by atoms with Crippen LogP contribution in [-0.2, 0) is 5.66 Å². The van der Waals surface area contributed by atoms with Crippen LogP contribution in [0.2, 0.25) is 0 Å². The summed E-state index contributed by atoms with van der Waals surface area (Å²) in [6.07, 6.45) is -0.167. The number of anilines is 1. The van der Waals surface area contributed by atoms with E-state index in [0.29, 0.717) is 0 Å². The first-order valence-corrected chi connectivity index (χ1v) is 5.72. The van der Waals surface area contributed by atoms with Gasteiger partial charge in [0.25, 0.3) is 0 Å². The van der Waals surface area contributed by atoms with E-state index in [2.05, 4.69) is 16.0 Å². The SMILES string of the molecule is CNC1N(CF)c2ccccc2C1(NC)NC. The van der Waals surface area contributed by atoms with Crippen LogP contribution in [0.25, 0.3) is 0 Å². The lowest BCUT2D eigenvalue weighted by atomic mass is 9.99. The zero-order chi connectivity index (χ0) is 12.5. The molecule has 4 nitrogen and oxygen atoms in total. The van der Waals surface area contributed by atoms with E-state index in [9.17, 15) is 4.39 Å². The van der Waals surface area contributed by atoms with Gasteiger partial charge in [-0.25, -0.2) is 4.39 Å². The molecule has 94 valence electrons. The van der Waals surface area contributed by atoms with Crippen LogP contribution >= 0.6 is 0 Å². The van der Waals surface area contributed by atoms with Gasteiger partial charge in [0.05, 0.1) is 0 Å². The summed E-state index contributed by atoms with van der Waals surface area (Å²) in [6.45, 7) is -0.520. The minimum atomic E-state index is -0.520. The first kappa shape index (κ1) is 12.3. The topological polar surface area (TPSA) is 39.3 Å². The average molecular weight is 238 g/mol. The predicted octanol–water partition coefficient (Wildman–Crippen LogP) is 0.571. The maximum Gasteiger partial charge on any atom is 0.163 e. The smallest absolute Gasteiger partial charge is 0.163 e.